The third kappa shape index (κ3) is 3.81. The maximum Gasteiger partial charge on any atom is 0.276 e. The van der Waals surface area contributed by atoms with Gasteiger partial charge in [0.25, 0.3) is 5.91 Å². The summed E-state index contributed by atoms with van der Waals surface area (Å²) in [5.74, 6) is 2.06. The Morgan fingerprint density at radius 1 is 1.13 bits per heavy atom. The Kier molecular flexibility index (Phi) is 5.41. The van der Waals surface area contributed by atoms with Crippen LogP contribution >= 0.6 is 27.7 Å². The van der Waals surface area contributed by atoms with Crippen LogP contribution in [0, 0.1) is 0 Å². The highest BCUT2D eigenvalue weighted by molar-refractivity contribution is 9.10. The second-order valence-corrected chi connectivity index (χ2v) is 9.13. The predicted octanol–water partition coefficient (Wildman–Crippen LogP) is 4.00. The minimum absolute atomic E-state index is 0.180. The Hall–Kier alpha value is -2.84. The van der Waals surface area contributed by atoms with Crippen molar-refractivity contribution in [1.82, 2.24) is 10.3 Å². The molecule has 8 heteroatoms. The van der Waals surface area contributed by atoms with Gasteiger partial charge in [-0.1, -0.05) is 64.9 Å². The van der Waals surface area contributed by atoms with Crippen molar-refractivity contribution in [2.24, 2.45) is 10.1 Å². The first-order valence-corrected chi connectivity index (χ1v) is 11.8. The van der Waals surface area contributed by atoms with Gasteiger partial charge in [0.15, 0.2) is 10.9 Å². The third-order valence-electron chi connectivity index (χ3n) is 4.97. The Morgan fingerprint density at radius 3 is 2.74 bits per heavy atom. The number of halogens is 1. The van der Waals surface area contributed by atoms with E-state index in [1.807, 2.05) is 60.7 Å². The molecule has 1 amide bonds. The molecule has 1 atom stereocenters. The summed E-state index contributed by atoms with van der Waals surface area (Å²) in [6, 6.07) is 19.4. The highest BCUT2D eigenvalue weighted by Crippen LogP contribution is 2.34. The number of thioether (sulfide) groups is 1. The number of rotatable bonds is 4. The Balaban J connectivity index is 1.61. The van der Waals surface area contributed by atoms with Gasteiger partial charge < -0.3 is 4.42 Å². The first kappa shape index (κ1) is 20.1. The highest BCUT2D eigenvalue weighted by Gasteiger charge is 2.35. The fourth-order valence-electron chi connectivity index (χ4n) is 3.54. The predicted molar refractivity (Wildman–Crippen MR) is 125 cm³/mol. The Morgan fingerprint density at radius 2 is 1.94 bits per heavy atom. The smallest absolute Gasteiger partial charge is 0.276 e. The molecule has 2 aliphatic rings. The molecule has 1 N–H and O–H groups in total. The number of para-hydroxylation sites is 1. The third-order valence-corrected chi connectivity index (χ3v) is 6.57. The maximum atomic E-state index is 13.0. The van der Waals surface area contributed by atoms with Crippen molar-refractivity contribution in [3.8, 4) is 11.3 Å². The number of hydrazone groups is 1. The van der Waals surface area contributed by atoms with Gasteiger partial charge in [-0.25, -0.2) is 10.0 Å². The van der Waals surface area contributed by atoms with E-state index in [0.717, 1.165) is 38.5 Å². The number of furan rings is 1. The van der Waals surface area contributed by atoms with Crippen LogP contribution in [0.15, 0.2) is 79.6 Å². The lowest BCUT2D eigenvalue weighted by Gasteiger charge is -2.32. The van der Waals surface area contributed by atoms with Gasteiger partial charge in [0.2, 0.25) is 6.17 Å². The number of amides is 1. The van der Waals surface area contributed by atoms with Crippen LogP contribution in [0.4, 0.5) is 0 Å². The summed E-state index contributed by atoms with van der Waals surface area (Å²) in [6.07, 6.45) is 0.430. The molecule has 0 spiro atoms. The molecule has 2 aromatic carbocycles. The van der Waals surface area contributed by atoms with Crippen LogP contribution in [0.1, 0.15) is 25.3 Å². The number of carbonyl (C=O) groups excluding carboxylic acids is 1. The van der Waals surface area contributed by atoms with Crippen LogP contribution in [0.5, 0.6) is 0 Å². The van der Waals surface area contributed by atoms with Crippen molar-refractivity contribution in [2.45, 2.75) is 19.5 Å². The first-order chi connectivity index (χ1) is 15.1. The molecule has 3 heterocycles. The molecule has 5 rings (SSSR count). The molecular weight excluding hydrogens is 476 g/mol. The zero-order chi connectivity index (χ0) is 21.4. The molecule has 0 radical (unpaired) electrons. The van der Waals surface area contributed by atoms with Crippen LogP contribution in [0.3, 0.4) is 0 Å². The molecule has 0 bridgehead atoms. The lowest BCUT2D eigenvalue weighted by molar-refractivity contribution is -0.116. The molecule has 0 saturated heterocycles. The van der Waals surface area contributed by atoms with Gasteiger partial charge in [0.1, 0.15) is 11.5 Å². The van der Waals surface area contributed by atoms with Crippen LogP contribution in [0.25, 0.3) is 17.0 Å². The molecular formula is C23H19BrN4O2S. The molecule has 2 aliphatic heterocycles. The van der Waals surface area contributed by atoms with Crippen LogP contribution in [0.2, 0.25) is 0 Å². The molecule has 156 valence electrons. The molecule has 0 saturated carbocycles. The number of hydrogen-bond donors (Lipinski definition) is 1. The molecule has 3 aromatic rings. The summed E-state index contributed by atoms with van der Waals surface area (Å²) >= 11 is 4.98. The number of nitrogens with zero attached hydrogens (tertiary/aromatic N) is 3. The largest absolute Gasteiger partial charge is 0.457 e. The lowest BCUT2D eigenvalue weighted by Crippen LogP contribution is -2.50. The summed E-state index contributed by atoms with van der Waals surface area (Å²) < 4.78 is 7.20. The van der Waals surface area contributed by atoms with E-state index in [9.17, 15) is 4.79 Å². The summed E-state index contributed by atoms with van der Waals surface area (Å²) in [5.41, 5.74) is 1.45. The van der Waals surface area contributed by atoms with E-state index in [2.05, 4.69) is 28.2 Å². The van der Waals surface area contributed by atoms with E-state index in [1.54, 1.807) is 5.01 Å². The minimum Gasteiger partial charge on any atom is -0.457 e. The normalized spacial score (nSPS) is 17.4. The maximum absolute atomic E-state index is 13.0. The summed E-state index contributed by atoms with van der Waals surface area (Å²) in [6.45, 7) is 2.09. The highest BCUT2D eigenvalue weighted by atomic mass is 79.9. The van der Waals surface area contributed by atoms with E-state index < -0.39 is 6.17 Å². The number of amidine groups is 1. The summed E-state index contributed by atoms with van der Waals surface area (Å²) in [4.78, 5) is 17.9. The monoisotopic (exact) mass is 494 g/mol. The second kappa shape index (κ2) is 8.36. The minimum atomic E-state index is -0.558. The van der Waals surface area contributed by atoms with E-state index >= 15 is 0 Å². The van der Waals surface area contributed by atoms with Gasteiger partial charge in [-0.05, 0) is 36.8 Å². The second-order valence-electron chi connectivity index (χ2n) is 7.13. The molecule has 31 heavy (non-hydrogen) atoms. The number of carbonyl (C=O) groups is 1. The van der Waals surface area contributed by atoms with Gasteiger partial charge >= 0.3 is 0 Å². The van der Waals surface area contributed by atoms with E-state index in [4.69, 9.17) is 14.5 Å². The topological polar surface area (TPSA) is 70.2 Å². The van der Waals surface area contributed by atoms with Crippen molar-refractivity contribution < 1.29 is 9.21 Å². The average molecular weight is 495 g/mol. The SMILES string of the molecule is CCCSC1=NN2C(=c3ccccc3=NC2c2ccc(-c3ccc(Br)cc3)o2)C(=O)N1. The zero-order valence-electron chi connectivity index (χ0n) is 16.7. The standard InChI is InChI=1S/C23H19BrN4O2S/c1-2-13-31-23-26-22(29)20-16-5-3-4-6-17(16)25-21(28(20)27-23)19-12-11-18(30-19)14-7-9-15(24)10-8-14/h3-12,21H,2,13H2,1H3,(H,26,27,29). The van der Waals surface area contributed by atoms with Gasteiger partial charge in [0, 0.05) is 21.0 Å². The van der Waals surface area contributed by atoms with Crippen molar-refractivity contribution in [3.05, 3.63) is 81.5 Å². The molecule has 0 aliphatic carbocycles. The molecule has 1 aromatic heterocycles. The Bertz CT molecular complexity index is 1300. The quantitative estimate of drug-likeness (QED) is 0.595. The zero-order valence-corrected chi connectivity index (χ0v) is 19.1. The number of hydrogen-bond acceptors (Lipinski definition) is 6. The van der Waals surface area contributed by atoms with Crippen molar-refractivity contribution in [2.75, 3.05) is 5.75 Å². The van der Waals surface area contributed by atoms with Crippen LogP contribution < -0.4 is 15.9 Å². The molecule has 0 fully saturated rings. The van der Waals surface area contributed by atoms with Crippen LogP contribution in [-0.4, -0.2) is 21.8 Å². The van der Waals surface area contributed by atoms with E-state index in [0.29, 0.717) is 16.6 Å². The van der Waals surface area contributed by atoms with Crippen molar-refractivity contribution in [1.29, 1.82) is 0 Å². The van der Waals surface area contributed by atoms with Crippen LogP contribution in [-0.2, 0) is 4.79 Å². The van der Waals surface area contributed by atoms with Gasteiger partial charge in [-0.3, -0.25) is 10.1 Å². The fourth-order valence-corrected chi connectivity index (χ4v) is 4.51. The average Bonchev–Trinajstić information content (AvgIpc) is 3.27. The molecule has 1 unspecified atom stereocenters. The molecule has 6 nitrogen and oxygen atoms in total. The van der Waals surface area contributed by atoms with Gasteiger partial charge in [-0.2, -0.15) is 0 Å². The number of fused-ring (bicyclic) bond motifs is 2. The summed E-state index contributed by atoms with van der Waals surface area (Å²) in [5, 5.41) is 11.4. The van der Waals surface area contributed by atoms with Gasteiger partial charge in [-0.15, -0.1) is 5.10 Å². The fraction of sp³-hybridized carbons (Fsp3) is 0.174. The number of nitrogens with one attached hydrogen (secondary N) is 1. The number of benzene rings is 2. The van der Waals surface area contributed by atoms with Gasteiger partial charge in [0.05, 0.1) is 5.36 Å². The van der Waals surface area contributed by atoms with Crippen molar-refractivity contribution >= 4 is 44.5 Å². The lowest BCUT2D eigenvalue weighted by atomic mass is 10.1. The van der Waals surface area contributed by atoms with Crippen molar-refractivity contribution in [3.63, 3.8) is 0 Å². The van der Waals surface area contributed by atoms with E-state index in [-0.39, 0.29) is 5.91 Å². The van der Waals surface area contributed by atoms with E-state index in [1.165, 1.54) is 11.8 Å². The summed E-state index contributed by atoms with van der Waals surface area (Å²) in [7, 11) is 0. The first-order valence-electron chi connectivity index (χ1n) is 9.99. The Labute approximate surface area is 191 Å².